The Labute approximate surface area is 106 Å². The van der Waals surface area contributed by atoms with Crippen LogP contribution in [0.2, 0.25) is 0 Å². The number of amides is 1. The van der Waals surface area contributed by atoms with Crippen molar-refractivity contribution in [2.75, 3.05) is 5.32 Å². The lowest BCUT2D eigenvalue weighted by molar-refractivity contribution is -0.111. The fourth-order valence-corrected chi connectivity index (χ4v) is 1.47. The van der Waals surface area contributed by atoms with Crippen molar-refractivity contribution >= 4 is 17.7 Å². The Bertz CT molecular complexity index is 544. The van der Waals surface area contributed by atoms with E-state index in [4.69, 9.17) is 0 Å². The van der Waals surface area contributed by atoms with Crippen LogP contribution < -0.4 is 5.32 Å². The highest BCUT2D eigenvalue weighted by Crippen LogP contribution is 2.06. The summed E-state index contributed by atoms with van der Waals surface area (Å²) in [5.74, 6) is -0.151. The third kappa shape index (κ3) is 3.56. The van der Waals surface area contributed by atoms with Crippen LogP contribution in [0.15, 0.2) is 54.9 Å². The van der Waals surface area contributed by atoms with Crippen molar-refractivity contribution in [3.63, 3.8) is 0 Å². The molecular weight excluding hydrogens is 224 g/mol. The fraction of sp³-hybridized carbons (Fsp3) is 0.0667. The molecule has 2 aromatic rings. The highest BCUT2D eigenvalue weighted by molar-refractivity contribution is 6.01. The maximum Gasteiger partial charge on any atom is 0.248 e. The molecule has 0 bridgehead atoms. The Morgan fingerprint density at radius 2 is 1.78 bits per heavy atom. The van der Waals surface area contributed by atoms with Crippen molar-refractivity contribution in [1.82, 2.24) is 4.98 Å². The van der Waals surface area contributed by atoms with Crippen molar-refractivity contribution in [2.45, 2.75) is 6.92 Å². The molecule has 0 unspecified atom stereocenters. The van der Waals surface area contributed by atoms with Crippen LogP contribution in [-0.4, -0.2) is 10.9 Å². The molecule has 0 spiro atoms. The number of hydrogen-bond acceptors (Lipinski definition) is 2. The van der Waals surface area contributed by atoms with Gasteiger partial charge in [0.2, 0.25) is 5.91 Å². The van der Waals surface area contributed by atoms with Crippen LogP contribution in [0.4, 0.5) is 5.69 Å². The Morgan fingerprint density at radius 1 is 1.11 bits per heavy atom. The van der Waals surface area contributed by atoms with Crippen LogP contribution in [0.3, 0.4) is 0 Å². The van der Waals surface area contributed by atoms with Crippen molar-refractivity contribution in [3.8, 4) is 0 Å². The Morgan fingerprint density at radius 3 is 2.44 bits per heavy atom. The second kappa shape index (κ2) is 5.77. The quantitative estimate of drug-likeness (QED) is 0.835. The molecule has 0 radical (unpaired) electrons. The Balaban J connectivity index is 1.97. The highest BCUT2D eigenvalue weighted by Gasteiger charge is 1.96. The number of hydrogen-bond donors (Lipinski definition) is 1. The molecule has 0 fully saturated rings. The van der Waals surface area contributed by atoms with Crippen LogP contribution in [-0.2, 0) is 4.79 Å². The van der Waals surface area contributed by atoms with Crippen molar-refractivity contribution < 1.29 is 4.79 Å². The van der Waals surface area contributed by atoms with Gasteiger partial charge in [0.25, 0.3) is 0 Å². The lowest BCUT2D eigenvalue weighted by Crippen LogP contribution is -2.07. The van der Waals surface area contributed by atoms with Crippen LogP contribution in [0.1, 0.15) is 11.1 Å². The van der Waals surface area contributed by atoms with Gasteiger partial charge in [-0.05, 0) is 30.7 Å². The van der Waals surface area contributed by atoms with E-state index in [2.05, 4.69) is 10.3 Å². The number of aromatic nitrogens is 1. The first-order valence-electron chi connectivity index (χ1n) is 5.70. The number of benzene rings is 1. The van der Waals surface area contributed by atoms with Gasteiger partial charge in [0.1, 0.15) is 0 Å². The predicted molar refractivity (Wildman–Crippen MR) is 73.1 cm³/mol. The van der Waals surface area contributed by atoms with Gasteiger partial charge >= 0.3 is 0 Å². The minimum absolute atomic E-state index is 0.151. The standard InChI is InChI=1S/C15H14N2O/c1-12-2-4-13(5-3-12)6-7-15(18)17-14-8-10-16-11-9-14/h2-11H,1H3,(H,16,17,18). The molecule has 3 heteroatoms. The van der Waals surface area contributed by atoms with Gasteiger partial charge < -0.3 is 5.32 Å². The molecule has 0 aliphatic heterocycles. The summed E-state index contributed by atoms with van der Waals surface area (Å²) in [6.45, 7) is 2.03. The molecule has 1 aromatic heterocycles. The molecular formula is C15H14N2O. The molecule has 1 N–H and O–H groups in total. The number of aryl methyl sites for hydroxylation is 1. The molecule has 0 aliphatic rings. The summed E-state index contributed by atoms with van der Waals surface area (Å²) in [7, 11) is 0. The second-order valence-corrected chi connectivity index (χ2v) is 3.97. The third-order valence-electron chi connectivity index (χ3n) is 2.45. The number of pyridine rings is 1. The molecule has 0 aliphatic carbocycles. The van der Waals surface area contributed by atoms with E-state index in [9.17, 15) is 4.79 Å². The van der Waals surface area contributed by atoms with Gasteiger partial charge in [-0.1, -0.05) is 29.8 Å². The molecule has 0 atom stereocenters. The van der Waals surface area contributed by atoms with E-state index in [1.165, 1.54) is 11.6 Å². The third-order valence-corrected chi connectivity index (χ3v) is 2.45. The molecule has 3 nitrogen and oxygen atoms in total. The lowest BCUT2D eigenvalue weighted by Gasteiger charge is -2.00. The zero-order chi connectivity index (χ0) is 12.8. The van der Waals surface area contributed by atoms with Gasteiger partial charge in [-0.15, -0.1) is 0 Å². The largest absolute Gasteiger partial charge is 0.322 e. The maximum absolute atomic E-state index is 11.6. The van der Waals surface area contributed by atoms with Gasteiger partial charge in [0, 0.05) is 24.2 Å². The first-order chi connectivity index (χ1) is 8.74. The van der Waals surface area contributed by atoms with Crippen LogP contribution >= 0.6 is 0 Å². The van der Waals surface area contributed by atoms with Crippen molar-refractivity contribution in [3.05, 3.63) is 66.0 Å². The summed E-state index contributed by atoms with van der Waals surface area (Å²) in [6, 6.07) is 11.5. The first-order valence-corrected chi connectivity index (χ1v) is 5.70. The zero-order valence-electron chi connectivity index (χ0n) is 10.1. The highest BCUT2D eigenvalue weighted by atomic mass is 16.1. The number of nitrogens with zero attached hydrogens (tertiary/aromatic N) is 1. The van der Waals surface area contributed by atoms with Gasteiger partial charge in [-0.2, -0.15) is 0 Å². The van der Waals surface area contributed by atoms with E-state index in [1.807, 2.05) is 31.2 Å². The van der Waals surface area contributed by atoms with Crippen LogP contribution in [0.5, 0.6) is 0 Å². The van der Waals surface area contributed by atoms with E-state index in [-0.39, 0.29) is 5.91 Å². The van der Waals surface area contributed by atoms with Crippen molar-refractivity contribution in [1.29, 1.82) is 0 Å². The first kappa shape index (κ1) is 12.0. The molecule has 0 saturated heterocycles. The molecule has 1 heterocycles. The molecule has 90 valence electrons. The molecule has 18 heavy (non-hydrogen) atoms. The average Bonchev–Trinajstić information content (AvgIpc) is 2.39. The van der Waals surface area contributed by atoms with Crippen LogP contribution in [0, 0.1) is 6.92 Å². The molecule has 1 aromatic carbocycles. The summed E-state index contributed by atoms with van der Waals surface area (Å²) in [6.07, 6.45) is 6.58. The normalized spacial score (nSPS) is 10.5. The van der Waals surface area contributed by atoms with Gasteiger partial charge in [0.05, 0.1) is 0 Å². The SMILES string of the molecule is Cc1ccc(C=CC(=O)Nc2ccncc2)cc1. The number of nitrogens with one attached hydrogen (secondary N) is 1. The van der Waals surface area contributed by atoms with Crippen LogP contribution in [0.25, 0.3) is 6.08 Å². The van der Waals surface area contributed by atoms with E-state index in [0.717, 1.165) is 11.3 Å². The maximum atomic E-state index is 11.6. The van der Waals surface area contributed by atoms with Gasteiger partial charge in [0.15, 0.2) is 0 Å². The Kier molecular flexibility index (Phi) is 3.86. The average molecular weight is 238 g/mol. The Hall–Kier alpha value is -2.42. The second-order valence-electron chi connectivity index (χ2n) is 3.97. The zero-order valence-corrected chi connectivity index (χ0v) is 10.1. The van der Waals surface area contributed by atoms with E-state index < -0.39 is 0 Å². The monoisotopic (exact) mass is 238 g/mol. The molecule has 0 saturated carbocycles. The summed E-state index contributed by atoms with van der Waals surface area (Å²) < 4.78 is 0. The fourth-order valence-electron chi connectivity index (χ4n) is 1.47. The minimum Gasteiger partial charge on any atom is -0.322 e. The van der Waals surface area contributed by atoms with Gasteiger partial charge in [-0.3, -0.25) is 9.78 Å². The summed E-state index contributed by atoms with van der Waals surface area (Å²) >= 11 is 0. The summed E-state index contributed by atoms with van der Waals surface area (Å²) in [4.78, 5) is 15.5. The number of carbonyl (C=O) groups excluding carboxylic acids is 1. The minimum atomic E-state index is -0.151. The van der Waals surface area contributed by atoms with Gasteiger partial charge in [-0.25, -0.2) is 0 Å². The number of carbonyl (C=O) groups is 1. The number of rotatable bonds is 3. The van der Waals surface area contributed by atoms with E-state index in [1.54, 1.807) is 30.6 Å². The van der Waals surface area contributed by atoms with E-state index >= 15 is 0 Å². The summed E-state index contributed by atoms with van der Waals surface area (Å²) in [5.41, 5.74) is 2.95. The predicted octanol–water partition coefficient (Wildman–Crippen LogP) is 3.04. The molecule has 2 rings (SSSR count). The summed E-state index contributed by atoms with van der Waals surface area (Å²) in [5, 5.41) is 2.76. The molecule has 1 amide bonds. The number of anilines is 1. The smallest absolute Gasteiger partial charge is 0.248 e. The lowest BCUT2D eigenvalue weighted by atomic mass is 10.1. The van der Waals surface area contributed by atoms with E-state index in [0.29, 0.717) is 0 Å². The van der Waals surface area contributed by atoms with Crippen molar-refractivity contribution in [2.24, 2.45) is 0 Å². The topological polar surface area (TPSA) is 42.0 Å².